The molecule has 0 radical (unpaired) electrons. The molecule has 3 aromatic carbocycles. The van der Waals surface area contributed by atoms with Gasteiger partial charge in [-0.3, -0.25) is 9.73 Å². The first kappa shape index (κ1) is 19.2. The molecule has 0 spiro atoms. The summed E-state index contributed by atoms with van der Waals surface area (Å²) in [5.74, 6) is 0. The zero-order valence-electron chi connectivity index (χ0n) is 15.4. The van der Waals surface area contributed by atoms with E-state index in [1.54, 1.807) is 12.1 Å². The molecule has 1 N–H and O–H groups in total. The lowest BCUT2D eigenvalue weighted by Gasteiger charge is -2.31. The number of rotatable bonds is 5. The average molecular weight is 424 g/mol. The Morgan fingerprint density at radius 3 is 2.24 bits per heavy atom. The average Bonchev–Trinajstić information content (AvgIpc) is 2.75. The van der Waals surface area contributed by atoms with Crippen molar-refractivity contribution >= 4 is 44.2 Å². The number of nitrogens with one attached hydrogen (secondary N) is 1. The zero-order valence-corrected chi connectivity index (χ0v) is 16.9. The monoisotopic (exact) mass is 423 g/mol. The number of hydrogen-bond acceptors (Lipinski definition) is 4. The summed E-state index contributed by atoms with van der Waals surface area (Å²) in [6.45, 7) is 0.202. The van der Waals surface area contributed by atoms with Crippen LogP contribution < -0.4 is 9.73 Å². The molecule has 1 aliphatic heterocycles. The SMILES string of the molecule is O=S1(=O)C(/C=N/Nc2ccccc2)=C(Cl)c2ccccc2N1Cc1ccccc1. The van der Waals surface area contributed by atoms with Crippen LogP contribution in [0.5, 0.6) is 0 Å². The first-order chi connectivity index (χ1) is 14.1. The number of fused-ring (bicyclic) bond motifs is 1. The van der Waals surface area contributed by atoms with Crippen LogP contribution >= 0.6 is 11.6 Å². The van der Waals surface area contributed by atoms with Crippen molar-refractivity contribution < 1.29 is 8.42 Å². The number of hydrogen-bond donors (Lipinski definition) is 1. The number of nitrogens with zero attached hydrogens (tertiary/aromatic N) is 2. The van der Waals surface area contributed by atoms with Crippen LogP contribution in [0.3, 0.4) is 0 Å². The summed E-state index contributed by atoms with van der Waals surface area (Å²) in [6.07, 6.45) is 1.26. The maximum Gasteiger partial charge on any atom is 0.267 e. The molecule has 0 amide bonds. The number of sulfonamides is 1. The molecule has 0 aliphatic carbocycles. The van der Waals surface area contributed by atoms with Gasteiger partial charge < -0.3 is 0 Å². The van der Waals surface area contributed by atoms with Crippen LogP contribution in [0.4, 0.5) is 11.4 Å². The largest absolute Gasteiger partial charge is 0.278 e. The highest BCUT2D eigenvalue weighted by atomic mass is 35.5. The summed E-state index contributed by atoms with van der Waals surface area (Å²) in [6, 6.07) is 25.9. The van der Waals surface area contributed by atoms with E-state index >= 15 is 0 Å². The van der Waals surface area contributed by atoms with Gasteiger partial charge in [-0.1, -0.05) is 78.3 Å². The Hall–Kier alpha value is -3.09. The van der Waals surface area contributed by atoms with E-state index in [1.165, 1.54) is 10.5 Å². The normalized spacial score (nSPS) is 15.4. The Labute approximate surface area is 175 Å². The van der Waals surface area contributed by atoms with Crippen LogP contribution in [0, 0.1) is 0 Å². The lowest BCUT2D eigenvalue weighted by atomic mass is 10.1. The first-order valence-electron chi connectivity index (χ1n) is 8.97. The standard InChI is InChI=1S/C22H18ClN3O2S/c23-22-19-13-7-8-14-20(19)26(16-17-9-3-1-4-10-17)29(27,28)21(22)15-24-25-18-11-5-2-6-12-18/h1-15,25H,16H2/b24-15+. The van der Waals surface area contributed by atoms with Gasteiger partial charge in [-0.05, 0) is 23.8 Å². The van der Waals surface area contributed by atoms with Crippen LogP contribution in [0.15, 0.2) is 94.9 Å². The molecule has 7 heteroatoms. The molecule has 0 bridgehead atoms. The second kappa shape index (κ2) is 8.11. The fraction of sp³-hybridized carbons (Fsp3) is 0.0455. The van der Waals surface area contributed by atoms with Crippen LogP contribution in [0.1, 0.15) is 11.1 Å². The number of halogens is 1. The molecule has 0 aromatic heterocycles. The van der Waals surface area contributed by atoms with Gasteiger partial charge in [-0.15, -0.1) is 0 Å². The lowest BCUT2D eigenvalue weighted by Crippen LogP contribution is -2.35. The van der Waals surface area contributed by atoms with Crippen molar-refractivity contribution in [3.8, 4) is 0 Å². The summed E-state index contributed by atoms with van der Waals surface area (Å²) < 4.78 is 28.2. The van der Waals surface area contributed by atoms with Crippen molar-refractivity contribution in [2.24, 2.45) is 5.10 Å². The van der Waals surface area contributed by atoms with Crippen molar-refractivity contribution in [2.45, 2.75) is 6.54 Å². The van der Waals surface area contributed by atoms with Crippen LogP contribution in [0.25, 0.3) is 5.03 Å². The molecule has 29 heavy (non-hydrogen) atoms. The maximum atomic E-state index is 13.4. The van der Waals surface area contributed by atoms with Crippen molar-refractivity contribution in [3.05, 3.63) is 101 Å². The molecule has 0 saturated carbocycles. The molecule has 1 heterocycles. The zero-order chi connectivity index (χ0) is 20.3. The van der Waals surface area contributed by atoms with Gasteiger partial charge in [-0.25, -0.2) is 8.42 Å². The third kappa shape index (κ3) is 3.90. The van der Waals surface area contributed by atoms with E-state index in [2.05, 4.69) is 10.5 Å². The fourth-order valence-corrected chi connectivity index (χ4v) is 5.09. The van der Waals surface area contributed by atoms with Gasteiger partial charge in [0.2, 0.25) is 0 Å². The third-order valence-electron chi connectivity index (χ3n) is 4.51. The van der Waals surface area contributed by atoms with E-state index in [0.29, 0.717) is 11.3 Å². The second-order valence-electron chi connectivity index (χ2n) is 6.43. The van der Waals surface area contributed by atoms with E-state index in [4.69, 9.17) is 11.6 Å². The highest BCUT2D eigenvalue weighted by Gasteiger charge is 2.35. The first-order valence-corrected chi connectivity index (χ1v) is 10.8. The van der Waals surface area contributed by atoms with Gasteiger partial charge in [0.1, 0.15) is 4.91 Å². The summed E-state index contributed by atoms with van der Waals surface area (Å²) in [7, 11) is -3.89. The molecule has 4 rings (SSSR count). The summed E-state index contributed by atoms with van der Waals surface area (Å²) in [5, 5.41) is 4.26. The molecule has 0 unspecified atom stereocenters. The van der Waals surface area contributed by atoms with Crippen LogP contribution in [-0.4, -0.2) is 14.6 Å². The van der Waals surface area contributed by atoms with E-state index in [1.807, 2.05) is 72.8 Å². The molecular formula is C22H18ClN3O2S. The second-order valence-corrected chi connectivity index (χ2v) is 8.64. The molecule has 0 fully saturated rings. The smallest absolute Gasteiger partial charge is 0.267 e. The fourth-order valence-electron chi connectivity index (χ4n) is 3.09. The Morgan fingerprint density at radius 2 is 1.52 bits per heavy atom. The quantitative estimate of drug-likeness (QED) is 0.461. The predicted molar refractivity (Wildman–Crippen MR) is 119 cm³/mol. The van der Waals surface area contributed by atoms with Gasteiger partial charge in [0.05, 0.1) is 29.2 Å². The van der Waals surface area contributed by atoms with Crippen LogP contribution in [0.2, 0.25) is 0 Å². The minimum atomic E-state index is -3.89. The summed E-state index contributed by atoms with van der Waals surface area (Å²) in [4.78, 5) is -0.0442. The van der Waals surface area contributed by atoms with Crippen molar-refractivity contribution in [2.75, 3.05) is 9.73 Å². The maximum absolute atomic E-state index is 13.4. The molecule has 146 valence electrons. The highest BCUT2D eigenvalue weighted by molar-refractivity contribution is 7.97. The summed E-state index contributed by atoms with van der Waals surface area (Å²) in [5.41, 5.74) is 5.66. The Bertz CT molecular complexity index is 1180. The molecular weight excluding hydrogens is 406 g/mol. The topological polar surface area (TPSA) is 61.8 Å². The van der Waals surface area contributed by atoms with E-state index in [0.717, 1.165) is 11.3 Å². The Kier molecular flexibility index (Phi) is 5.38. The van der Waals surface area contributed by atoms with Gasteiger partial charge in [0.15, 0.2) is 0 Å². The van der Waals surface area contributed by atoms with Gasteiger partial charge in [0, 0.05) is 5.56 Å². The Morgan fingerprint density at radius 1 is 0.897 bits per heavy atom. The predicted octanol–water partition coefficient (Wildman–Crippen LogP) is 5.04. The van der Waals surface area contributed by atoms with Crippen molar-refractivity contribution in [3.63, 3.8) is 0 Å². The number of anilines is 2. The van der Waals surface area contributed by atoms with E-state index in [-0.39, 0.29) is 16.5 Å². The molecule has 3 aromatic rings. The number of benzene rings is 3. The summed E-state index contributed by atoms with van der Waals surface area (Å²) >= 11 is 6.50. The number of para-hydroxylation sites is 2. The van der Waals surface area contributed by atoms with E-state index in [9.17, 15) is 8.42 Å². The molecule has 0 saturated heterocycles. The van der Waals surface area contributed by atoms with Crippen molar-refractivity contribution in [1.82, 2.24) is 0 Å². The van der Waals surface area contributed by atoms with Crippen LogP contribution in [-0.2, 0) is 16.6 Å². The number of allylic oxidation sites excluding steroid dienone is 1. The molecule has 0 atom stereocenters. The molecule has 5 nitrogen and oxygen atoms in total. The molecule has 1 aliphatic rings. The van der Waals surface area contributed by atoms with E-state index < -0.39 is 10.0 Å². The minimum absolute atomic E-state index is 0.0442. The van der Waals surface area contributed by atoms with Gasteiger partial charge in [0.25, 0.3) is 10.0 Å². The van der Waals surface area contributed by atoms with Gasteiger partial charge >= 0.3 is 0 Å². The third-order valence-corrected chi connectivity index (χ3v) is 6.80. The lowest BCUT2D eigenvalue weighted by molar-refractivity contribution is 0.597. The minimum Gasteiger partial charge on any atom is -0.278 e. The Balaban J connectivity index is 1.74. The number of hydrazone groups is 1. The van der Waals surface area contributed by atoms with Crippen molar-refractivity contribution in [1.29, 1.82) is 0 Å². The highest BCUT2D eigenvalue weighted by Crippen LogP contribution is 2.41. The van der Waals surface area contributed by atoms with Gasteiger partial charge in [-0.2, -0.15) is 5.10 Å².